The molecule has 142 valence electrons. The molecule has 0 aliphatic carbocycles. The van der Waals surface area contributed by atoms with E-state index in [1.165, 1.54) is 3.57 Å². The van der Waals surface area contributed by atoms with Crippen molar-refractivity contribution in [2.75, 3.05) is 11.5 Å². The maximum atomic E-state index is 7.50. The van der Waals surface area contributed by atoms with Crippen LogP contribution in [0.1, 0.15) is 6.42 Å². The van der Waals surface area contributed by atoms with Gasteiger partial charge < -0.3 is 25.3 Å². The Kier molecular flexibility index (Phi) is 142. The van der Waals surface area contributed by atoms with Crippen molar-refractivity contribution in [3.8, 4) is 0 Å². The molecule has 0 saturated heterocycles. The number of halogens is 1. The van der Waals surface area contributed by atoms with Crippen LogP contribution in [0.4, 0.5) is 5.69 Å². The molecule has 26 heavy (non-hydrogen) atoms. The topological polar surface area (TPSA) is 104 Å². The zero-order valence-electron chi connectivity index (χ0n) is 12.8. The average Bonchev–Trinajstić information content (AvgIpc) is 2.71. The molecule has 11 heteroatoms. The van der Waals surface area contributed by atoms with Gasteiger partial charge >= 0.3 is 56.5 Å². The third-order valence-electron chi connectivity index (χ3n) is 1.24. The van der Waals surface area contributed by atoms with E-state index >= 15 is 0 Å². The fourth-order valence-corrected chi connectivity index (χ4v) is 1.41. The predicted octanol–water partition coefficient (Wildman–Crippen LogP) is 3.12. The molecule has 0 atom stereocenters. The van der Waals surface area contributed by atoms with Crippen molar-refractivity contribution in [1.82, 2.24) is 0 Å². The van der Waals surface area contributed by atoms with Crippen LogP contribution < -0.4 is 0 Å². The summed E-state index contributed by atoms with van der Waals surface area (Å²) in [5.41, 5.74) is 0.704. The minimum absolute atomic E-state index is 0. The molecule has 0 N–H and O–H groups in total. The summed E-state index contributed by atoms with van der Waals surface area (Å²) >= 11 is 11.4. The van der Waals surface area contributed by atoms with E-state index in [-0.39, 0.29) is 34.1 Å². The van der Waals surface area contributed by atoms with Crippen LogP contribution in [0.2, 0.25) is 0 Å². The van der Waals surface area contributed by atoms with Crippen molar-refractivity contribution >= 4 is 53.5 Å². The largest absolute Gasteiger partial charge is 0.793 e. The Hall–Kier alpha value is -0.121. The van der Waals surface area contributed by atoms with Crippen LogP contribution in [0, 0.1) is 43.4 Å². The molecule has 1 rings (SSSR count). The molecule has 0 unspecified atom stereocenters. The molecule has 1 aromatic rings. The van der Waals surface area contributed by atoms with Crippen LogP contribution in [-0.4, -0.2) is 11.5 Å². The summed E-state index contributed by atoms with van der Waals surface area (Å²) in [6.07, 6.45) is 1.02. The molecule has 0 radical (unpaired) electrons. The maximum absolute atomic E-state index is 7.50. The van der Waals surface area contributed by atoms with E-state index in [0.29, 0.717) is 5.69 Å². The van der Waals surface area contributed by atoms with E-state index in [1.54, 1.807) is 0 Å². The minimum atomic E-state index is 0. The van der Waals surface area contributed by atoms with Gasteiger partial charge in [-0.1, -0.05) is 30.7 Å². The summed E-state index contributed by atoms with van der Waals surface area (Å²) < 4.78 is 38.7. The number of hydrogen-bond donors (Lipinski definition) is 0. The molecule has 0 spiro atoms. The van der Waals surface area contributed by atoms with Gasteiger partial charge in [0, 0.05) is 37.7 Å². The molecule has 0 amide bonds. The van der Waals surface area contributed by atoms with E-state index in [0.717, 1.165) is 17.9 Å². The van der Waals surface area contributed by atoms with Crippen LogP contribution >= 0.6 is 22.6 Å². The van der Waals surface area contributed by atoms with Crippen molar-refractivity contribution in [3.63, 3.8) is 0 Å². The van der Waals surface area contributed by atoms with Gasteiger partial charge in [-0.2, -0.15) is 11.5 Å². The Bertz CT molecular complexity index is 449. The second-order valence-corrected chi connectivity index (χ2v) is 4.41. The second-order valence-electron chi connectivity index (χ2n) is 2.35. The van der Waals surface area contributed by atoms with Gasteiger partial charge in [-0.05, 0) is 22.6 Å². The quantitative estimate of drug-likeness (QED) is 0.175. The first kappa shape index (κ1) is 50.1. The first-order chi connectivity index (χ1) is 11.7. The van der Waals surface area contributed by atoms with Crippen molar-refractivity contribution < 1.29 is 57.4 Å². The summed E-state index contributed by atoms with van der Waals surface area (Å²) in [6, 6.07) is 7.48. The normalized spacial score (nSPS) is 4.92. The van der Waals surface area contributed by atoms with Crippen LogP contribution in [0.3, 0.4) is 0 Å². The Balaban J connectivity index is -0.0000000278. The second kappa shape index (κ2) is 73.6. The zero-order chi connectivity index (χ0) is 20.8. The number of hydrogen-bond acceptors (Lipinski definition) is 2. The Morgan fingerprint density at radius 2 is 1.00 bits per heavy atom. The monoisotopic (exact) mass is 587 g/mol. The van der Waals surface area contributed by atoms with Crippen LogP contribution in [0.25, 0.3) is 4.85 Å². The van der Waals surface area contributed by atoms with Gasteiger partial charge in [0.25, 0.3) is 0 Å². The molecule has 0 heterocycles. The molecule has 0 aliphatic heterocycles. The Morgan fingerprint density at radius 3 is 1.15 bits per heavy atom. The van der Waals surface area contributed by atoms with Crippen molar-refractivity contribution in [2.45, 2.75) is 6.42 Å². The minimum Gasteiger partial charge on any atom is -0.793 e. The number of nitrogens with zero attached hydrogens (tertiary/aromatic N) is 1. The van der Waals surface area contributed by atoms with E-state index in [4.69, 9.17) is 29.8 Å². The predicted molar refractivity (Wildman–Crippen MR) is 94.1 cm³/mol. The number of benzene rings is 1. The molecule has 0 aliphatic rings. The Morgan fingerprint density at radius 1 is 0.731 bits per heavy atom. The molecule has 0 saturated carbocycles. The standard InChI is InChI=1S/C7H4IN.C3H8S2.5CO.2Fe/c1-9-7-4-2-6(8)3-5-7;4-2-1-3-5;5*1-2;;/h2-5H;4-5H,1-3H2;;;;;;;/p-2. The van der Waals surface area contributed by atoms with Crippen molar-refractivity contribution in [1.29, 1.82) is 0 Å². The van der Waals surface area contributed by atoms with Crippen LogP contribution in [0.15, 0.2) is 24.3 Å². The summed E-state index contributed by atoms with van der Waals surface area (Å²) in [5, 5.41) is 0. The van der Waals surface area contributed by atoms with E-state index < -0.39 is 0 Å². The smallest absolute Gasteiger partial charge is 0 e. The summed E-state index contributed by atoms with van der Waals surface area (Å²) in [7, 11) is 0. The Labute approximate surface area is 200 Å². The van der Waals surface area contributed by atoms with Crippen molar-refractivity contribution in [2.24, 2.45) is 0 Å². The first-order valence-corrected chi connectivity index (χ1v) is 7.29. The summed E-state index contributed by atoms with van der Waals surface area (Å²) in [4.78, 5) is 3.26. The molecular weight excluding hydrogens is 577 g/mol. The van der Waals surface area contributed by atoms with Gasteiger partial charge in [0.05, 0.1) is 6.57 Å². The molecule has 0 fully saturated rings. The maximum Gasteiger partial charge on any atom is 0 e. The fourth-order valence-electron chi connectivity index (χ4n) is 0.575. The van der Waals surface area contributed by atoms with E-state index in [1.807, 2.05) is 24.3 Å². The van der Waals surface area contributed by atoms with Gasteiger partial charge in [-0.15, -0.1) is 0 Å². The molecule has 6 nitrogen and oxygen atoms in total. The van der Waals surface area contributed by atoms with E-state index in [9.17, 15) is 0 Å². The van der Waals surface area contributed by atoms with Crippen LogP contribution in [0.5, 0.6) is 0 Å². The van der Waals surface area contributed by atoms with Crippen molar-refractivity contribution in [3.05, 3.63) is 72.5 Å². The average molecular weight is 587 g/mol. The number of rotatable bonds is 2. The zero-order valence-corrected chi connectivity index (χ0v) is 18.8. The summed E-state index contributed by atoms with van der Waals surface area (Å²) in [5.74, 6) is 1.65. The van der Waals surface area contributed by atoms with E-state index in [2.05, 4.69) is 85.9 Å². The van der Waals surface area contributed by atoms with Crippen LogP contribution in [-0.2, 0) is 82.7 Å². The summed E-state index contributed by atoms with van der Waals surface area (Å²) in [6.45, 7) is 29.1. The molecule has 0 aromatic heterocycles. The van der Waals surface area contributed by atoms with Gasteiger partial charge in [0.1, 0.15) is 0 Å². The molecule has 1 aromatic carbocycles. The van der Waals surface area contributed by atoms with Gasteiger partial charge in [0.15, 0.2) is 5.69 Å². The SMILES string of the molecule is [C-]#[N+]c1ccc(I)cc1.[C-]#[O+].[C-]#[O+].[C-]#[O+].[C-]#[O+].[C-]#[O+].[Fe].[Fe].[S-]CCC[S-]. The third-order valence-corrected chi connectivity index (χ3v) is 2.54. The first-order valence-electron chi connectivity index (χ1n) is 5.06. The third kappa shape index (κ3) is 64.9. The van der Waals surface area contributed by atoms with Gasteiger partial charge in [0.2, 0.25) is 0 Å². The molecule has 0 bridgehead atoms. The fraction of sp³-hybridized carbons (Fsp3) is 0.200. The van der Waals surface area contributed by atoms with Gasteiger partial charge in [-0.3, -0.25) is 0 Å². The molecular formula is C15H10Fe2INO5S2-2. The van der Waals surface area contributed by atoms with Gasteiger partial charge in [-0.25, -0.2) is 4.85 Å².